The Hall–Kier alpha value is -9.83. The number of H-pyrrole nitrogens is 3. The molecule has 3 aliphatic carbocycles. The molecule has 15 rings (SSSR count). The maximum absolute atomic E-state index is 13.1. The molecule has 3 fully saturated rings. The molecule has 516 valence electrons. The van der Waals surface area contributed by atoms with E-state index in [0.717, 1.165) is 64.2 Å². The van der Waals surface area contributed by atoms with Crippen LogP contribution in [0.25, 0.3) is 66.5 Å². The minimum atomic E-state index is -5.61. The molecule has 0 aliphatic heterocycles. The Morgan fingerprint density at radius 1 is 0.410 bits per heavy atom. The fourth-order valence-electron chi connectivity index (χ4n) is 12.8. The first kappa shape index (κ1) is 68.7. The quantitative estimate of drug-likeness (QED) is 0.0479. The number of aliphatic hydroxyl groups is 1. The van der Waals surface area contributed by atoms with Crippen molar-refractivity contribution in [3.8, 4) is 33.4 Å². The number of nitrogens with zero attached hydrogens (tertiary/aromatic N) is 3. The summed E-state index contributed by atoms with van der Waals surface area (Å²) in [5.41, 5.74) is 1.80. The van der Waals surface area contributed by atoms with Crippen LogP contribution in [-0.4, -0.2) is 61.9 Å². The van der Waals surface area contributed by atoms with E-state index in [1.165, 1.54) is 60.7 Å². The van der Waals surface area contributed by atoms with Crippen LogP contribution in [0.1, 0.15) is 125 Å². The molecule has 12 aromatic rings. The third-order valence-corrected chi connectivity index (χ3v) is 20.0. The van der Waals surface area contributed by atoms with Gasteiger partial charge in [-0.1, -0.05) is 133 Å². The predicted molar refractivity (Wildman–Crippen MR) is 353 cm³/mol. The van der Waals surface area contributed by atoms with Gasteiger partial charge in [0.15, 0.2) is 0 Å². The number of para-hydroxylation sites is 1. The summed E-state index contributed by atoms with van der Waals surface area (Å²) in [4.78, 5) is 23.4. The third kappa shape index (κ3) is 14.6. The number of imidazole rings is 3. The van der Waals surface area contributed by atoms with Gasteiger partial charge in [-0.25, -0.2) is 15.0 Å². The Bertz CT molecular complexity index is 5350. The second kappa shape index (κ2) is 25.4. The average Bonchev–Trinajstić information content (AvgIpc) is 1.60. The van der Waals surface area contributed by atoms with Gasteiger partial charge in [0.05, 0.1) is 61.1 Å². The van der Waals surface area contributed by atoms with E-state index in [1.807, 2.05) is 42.5 Å². The maximum Gasteiger partial charge on any atom is 0.516 e. The van der Waals surface area contributed by atoms with Crippen molar-refractivity contribution in [2.24, 2.45) is 0 Å². The molecule has 0 saturated heterocycles. The lowest BCUT2D eigenvalue weighted by Crippen LogP contribution is -2.30. The normalized spacial score (nSPS) is 18.6. The van der Waals surface area contributed by atoms with Crippen molar-refractivity contribution in [1.29, 1.82) is 0 Å². The van der Waals surface area contributed by atoms with Crippen molar-refractivity contribution in [3.05, 3.63) is 257 Å². The summed E-state index contributed by atoms with van der Waals surface area (Å²) in [6.07, 6.45) is -11.1. The molecule has 0 amide bonds. The number of aromatic nitrogens is 6. The highest BCUT2D eigenvalue weighted by atomic mass is 32.2. The van der Waals surface area contributed by atoms with Crippen LogP contribution in [-0.2, 0) is 44.3 Å². The number of aromatic amines is 3. The highest BCUT2D eigenvalue weighted by Crippen LogP contribution is 2.57. The minimum absolute atomic E-state index is 0.0144. The van der Waals surface area contributed by atoms with Gasteiger partial charge in [-0.05, 0) is 162 Å². The van der Waals surface area contributed by atoms with E-state index in [0.29, 0.717) is 79.9 Å². The van der Waals surface area contributed by atoms with Crippen LogP contribution in [0.15, 0.2) is 205 Å². The molecule has 3 aromatic heterocycles. The van der Waals surface area contributed by atoms with Gasteiger partial charge in [-0.2, -0.15) is 69.5 Å². The molecule has 9 aromatic carbocycles. The van der Waals surface area contributed by atoms with Gasteiger partial charge in [-0.15, -0.1) is 0 Å². The lowest BCUT2D eigenvalue weighted by molar-refractivity contribution is -0.138. The predicted octanol–water partition coefficient (Wildman–Crippen LogP) is 19.3. The number of halogens is 12. The first-order valence-electron chi connectivity index (χ1n) is 31.1. The van der Waals surface area contributed by atoms with Crippen LogP contribution in [0.5, 0.6) is 0 Å². The number of fused-ring (bicyclic) bond motifs is 3. The van der Waals surface area contributed by atoms with Crippen molar-refractivity contribution in [2.75, 3.05) is 4.72 Å². The summed E-state index contributed by atoms with van der Waals surface area (Å²) in [6, 6.07) is 51.7. The fourth-order valence-corrected chi connectivity index (χ4v) is 14.1. The highest BCUT2D eigenvalue weighted by molar-refractivity contribution is 7.93. The lowest BCUT2D eigenvalue weighted by Gasteiger charge is -2.21. The monoisotopic (exact) mass is 1420 g/mol. The van der Waals surface area contributed by atoms with E-state index in [-0.39, 0.29) is 51.7 Å². The summed E-state index contributed by atoms with van der Waals surface area (Å²) in [7, 11) is -10.00. The summed E-state index contributed by atoms with van der Waals surface area (Å²) in [6.45, 7) is 3.53. The fraction of sp³-hybridized carbons (Fsp3) is 0.219. The van der Waals surface area contributed by atoms with E-state index < -0.39 is 66.5 Å². The number of rotatable bonds is 13. The second-order valence-electron chi connectivity index (χ2n) is 25.5. The third-order valence-electron chi connectivity index (χ3n) is 18.0. The Morgan fingerprint density at radius 3 is 1.14 bits per heavy atom. The summed E-state index contributed by atoms with van der Waals surface area (Å²) in [5, 5.41) is 10.5. The van der Waals surface area contributed by atoms with E-state index in [9.17, 15) is 79.2 Å². The Balaban J connectivity index is 0.000000135. The Kier molecular flexibility index (Phi) is 17.5. The SMILES string of the molecule is CC(C)(O)c1ccccc1-c1ccc2nc(C3CC3c3cccc(C(F)(F)F)c3)[nH]c2c1.O=S(=O)(Nc1ccccc1-c1ccc2nc(C3CC3c3cccc(C(F)(F)F)c3)[nH]c2c1)C(F)(F)F.O=S(=O)(O)c1ccccc1-c1ccc2nc(C3CC3c3cccc(C(F)(F)F)c3)[nH]c2c1. The number of anilines is 1. The summed E-state index contributed by atoms with van der Waals surface area (Å²) < 4.78 is 214. The molecular weight excluding hydrogens is 1360 g/mol. The molecule has 0 radical (unpaired) electrons. The van der Waals surface area contributed by atoms with Gasteiger partial charge in [0, 0.05) is 28.9 Å². The molecule has 6 N–H and O–H groups in total. The van der Waals surface area contributed by atoms with E-state index >= 15 is 0 Å². The molecule has 3 heterocycles. The number of benzene rings is 9. The topological polar surface area (TPSA) is 207 Å². The molecule has 13 nitrogen and oxygen atoms in total. The van der Waals surface area contributed by atoms with Crippen LogP contribution >= 0.6 is 0 Å². The van der Waals surface area contributed by atoms with E-state index in [1.54, 1.807) is 91.4 Å². The Labute approximate surface area is 563 Å². The maximum atomic E-state index is 13.1. The van der Waals surface area contributed by atoms with Crippen LogP contribution in [0.2, 0.25) is 0 Å². The minimum Gasteiger partial charge on any atom is -0.386 e. The summed E-state index contributed by atoms with van der Waals surface area (Å²) >= 11 is 0. The number of alkyl halides is 12. The lowest BCUT2D eigenvalue weighted by atomic mass is 9.89. The summed E-state index contributed by atoms with van der Waals surface area (Å²) in [5.74, 6) is 1.91. The zero-order valence-corrected chi connectivity index (χ0v) is 54.0. The zero-order valence-electron chi connectivity index (χ0n) is 52.4. The number of sulfonamides is 1. The zero-order chi connectivity index (χ0) is 71.2. The van der Waals surface area contributed by atoms with Crippen molar-refractivity contribution >= 4 is 58.9 Å². The molecule has 6 unspecified atom stereocenters. The number of nitrogens with one attached hydrogen (secondary N) is 4. The highest BCUT2D eigenvalue weighted by Gasteiger charge is 2.48. The van der Waals surface area contributed by atoms with Gasteiger partial charge >= 0.3 is 34.1 Å². The standard InChI is InChI=1S/C26H23F3N2O.C24H17F6N3O2S.C23H17F3N2O3S/c1-25(2,32)21-9-4-3-8-18(21)16-10-11-22-23(13-16)31-24(30-22)20-14-19(20)15-6-5-7-17(12-15)26(27,28)29;25-23(26,27)15-5-3-4-13(10-15)17-12-18(17)22-31-20-9-8-14(11-21(20)32-22)16-6-1-2-7-19(16)33-36(34,35)24(28,29)30;24-23(25,26)15-5-3-4-13(10-15)17-12-18(17)22-27-19-9-8-14(11-20(19)28-22)16-6-1-2-7-21(16)32(29,30)31/h3-13,19-20,32H,14H2,1-2H3,(H,30,31);1-11,17-18,33H,12H2,(H,31,32);1-11,17-18H,12H2,(H,27,28)(H,29,30,31). The number of hydrogen-bond donors (Lipinski definition) is 6. The van der Waals surface area contributed by atoms with E-state index in [4.69, 9.17) is 4.98 Å². The molecule has 0 bridgehead atoms. The Morgan fingerprint density at radius 2 is 0.760 bits per heavy atom. The van der Waals surface area contributed by atoms with Crippen molar-refractivity contribution in [2.45, 2.75) is 103 Å². The second-order valence-corrected chi connectivity index (χ2v) is 28.5. The van der Waals surface area contributed by atoms with Gasteiger partial charge in [-0.3, -0.25) is 9.27 Å². The van der Waals surface area contributed by atoms with Gasteiger partial charge in [0.1, 0.15) is 22.4 Å². The first-order valence-corrected chi connectivity index (χ1v) is 34.1. The van der Waals surface area contributed by atoms with Crippen LogP contribution < -0.4 is 4.72 Å². The van der Waals surface area contributed by atoms with Crippen LogP contribution in [0.3, 0.4) is 0 Å². The molecule has 3 aliphatic rings. The van der Waals surface area contributed by atoms with Crippen LogP contribution in [0, 0.1) is 0 Å². The molecule has 100 heavy (non-hydrogen) atoms. The number of hydrogen-bond acceptors (Lipinski definition) is 8. The first-order chi connectivity index (χ1) is 47.1. The van der Waals surface area contributed by atoms with Crippen molar-refractivity contribution in [1.82, 2.24) is 29.9 Å². The molecule has 6 atom stereocenters. The van der Waals surface area contributed by atoms with Crippen LogP contribution in [0.4, 0.5) is 58.4 Å². The molecule has 3 saturated carbocycles. The van der Waals surface area contributed by atoms with Gasteiger partial charge < -0.3 is 20.1 Å². The van der Waals surface area contributed by atoms with Crippen molar-refractivity contribution in [3.63, 3.8) is 0 Å². The largest absolute Gasteiger partial charge is 0.516 e. The molecule has 0 spiro atoms. The smallest absolute Gasteiger partial charge is 0.386 e. The van der Waals surface area contributed by atoms with E-state index in [2.05, 4.69) is 24.9 Å². The van der Waals surface area contributed by atoms with Gasteiger partial charge in [0.25, 0.3) is 10.1 Å². The van der Waals surface area contributed by atoms with Gasteiger partial charge in [0.2, 0.25) is 0 Å². The molecular formula is C73H57F12N7O6S2. The van der Waals surface area contributed by atoms with Crippen molar-refractivity contribution < 1.29 is 79.2 Å². The molecule has 27 heteroatoms. The average molecular weight is 1420 g/mol.